The van der Waals surface area contributed by atoms with E-state index in [0.717, 1.165) is 27.8 Å². The maximum atomic E-state index is 9.18. The predicted molar refractivity (Wildman–Crippen MR) is 83.8 cm³/mol. The standard InChI is InChI=1S/C18H11N3/c19-11-13-7-4-10-16-17(13)21-18(20-16)15-9-3-6-12-5-1-2-8-14(12)15/h1-10H,(H,20,21). The fraction of sp³-hybridized carbons (Fsp3) is 0. The molecular formula is C18H11N3. The number of nitrogens with one attached hydrogen (secondary N) is 1. The van der Waals surface area contributed by atoms with Crippen LogP contribution in [0.5, 0.6) is 0 Å². The van der Waals surface area contributed by atoms with Gasteiger partial charge in [0, 0.05) is 5.56 Å². The Morgan fingerprint density at radius 3 is 2.62 bits per heavy atom. The minimum atomic E-state index is 0.593. The molecular weight excluding hydrogens is 258 g/mol. The molecule has 0 amide bonds. The van der Waals surface area contributed by atoms with Crippen molar-refractivity contribution in [3.05, 3.63) is 66.2 Å². The summed E-state index contributed by atoms with van der Waals surface area (Å²) in [4.78, 5) is 7.94. The lowest BCUT2D eigenvalue weighted by Crippen LogP contribution is -1.83. The Morgan fingerprint density at radius 2 is 1.71 bits per heavy atom. The third-order valence-corrected chi connectivity index (χ3v) is 3.68. The van der Waals surface area contributed by atoms with E-state index in [9.17, 15) is 5.26 Å². The monoisotopic (exact) mass is 269 g/mol. The highest BCUT2D eigenvalue weighted by Crippen LogP contribution is 2.28. The zero-order valence-corrected chi connectivity index (χ0v) is 11.2. The Kier molecular flexibility index (Phi) is 2.48. The molecule has 4 aromatic rings. The van der Waals surface area contributed by atoms with E-state index in [0.29, 0.717) is 5.56 Å². The number of aromatic nitrogens is 2. The topological polar surface area (TPSA) is 52.5 Å². The van der Waals surface area contributed by atoms with Crippen LogP contribution in [-0.2, 0) is 0 Å². The normalized spacial score (nSPS) is 10.8. The Bertz CT molecular complexity index is 1000. The van der Waals surface area contributed by atoms with Crippen LogP contribution in [-0.4, -0.2) is 9.97 Å². The van der Waals surface area contributed by atoms with Crippen LogP contribution in [0.25, 0.3) is 33.2 Å². The zero-order valence-electron chi connectivity index (χ0n) is 11.2. The van der Waals surface area contributed by atoms with E-state index in [1.54, 1.807) is 6.07 Å². The van der Waals surface area contributed by atoms with Gasteiger partial charge in [-0.3, -0.25) is 0 Å². The molecule has 98 valence electrons. The average Bonchev–Trinajstić information content (AvgIpc) is 2.98. The smallest absolute Gasteiger partial charge is 0.139 e. The number of hydrogen-bond donors (Lipinski definition) is 1. The average molecular weight is 269 g/mol. The molecule has 0 saturated carbocycles. The molecule has 1 heterocycles. The highest BCUT2D eigenvalue weighted by Gasteiger charge is 2.10. The van der Waals surface area contributed by atoms with Gasteiger partial charge in [-0.15, -0.1) is 0 Å². The number of para-hydroxylation sites is 1. The second-order valence-corrected chi connectivity index (χ2v) is 4.93. The molecule has 21 heavy (non-hydrogen) atoms. The Morgan fingerprint density at radius 1 is 0.905 bits per heavy atom. The van der Waals surface area contributed by atoms with E-state index < -0.39 is 0 Å². The molecule has 0 aliphatic carbocycles. The molecule has 0 fully saturated rings. The first-order valence-corrected chi connectivity index (χ1v) is 6.74. The molecule has 3 aromatic carbocycles. The number of nitriles is 1. The van der Waals surface area contributed by atoms with Crippen LogP contribution in [0.1, 0.15) is 5.56 Å². The molecule has 0 aliphatic heterocycles. The number of imidazole rings is 1. The third kappa shape index (κ3) is 1.78. The van der Waals surface area contributed by atoms with Crippen molar-refractivity contribution in [3.8, 4) is 17.5 Å². The molecule has 4 rings (SSSR count). The van der Waals surface area contributed by atoms with Crippen molar-refractivity contribution < 1.29 is 0 Å². The van der Waals surface area contributed by atoms with E-state index in [-0.39, 0.29) is 0 Å². The number of aromatic amines is 1. The number of H-pyrrole nitrogens is 1. The van der Waals surface area contributed by atoms with E-state index in [1.807, 2.05) is 36.4 Å². The number of benzene rings is 3. The summed E-state index contributed by atoms with van der Waals surface area (Å²) in [6.45, 7) is 0. The summed E-state index contributed by atoms with van der Waals surface area (Å²) >= 11 is 0. The van der Waals surface area contributed by atoms with Crippen molar-refractivity contribution in [3.63, 3.8) is 0 Å². The molecule has 0 unspecified atom stereocenters. The van der Waals surface area contributed by atoms with Crippen molar-refractivity contribution in [1.29, 1.82) is 5.26 Å². The summed E-state index contributed by atoms with van der Waals surface area (Å²) in [5, 5.41) is 11.5. The van der Waals surface area contributed by atoms with Crippen LogP contribution in [0.2, 0.25) is 0 Å². The number of rotatable bonds is 1. The molecule has 1 N–H and O–H groups in total. The van der Waals surface area contributed by atoms with Crippen molar-refractivity contribution in [2.24, 2.45) is 0 Å². The van der Waals surface area contributed by atoms with Gasteiger partial charge in [0.05, 0.1) is 11.1 Å². The van der Waals surface area contributed by atoms with Gasteiger partial charge in [-0.2, -0.15) is 5.26 Å². The lowest BCUT2D eigenvalue weighted by atomic mass is 10.0. The largest absolute Gasteiger partial charge is 0.338 e. The summed E-state index contributed by atoms with van der Waals surface area (Å²) in [7, 11) is 0. The molecule has 0 aliphatic rings. The lowest BCUT2D eigenvalue weighted by Gasteiger charge is -2.03. The van der Waals surface area contributed by atoms with E-state index in [2.05, 4.69) is 34.2 Å². The van der Waals surface area contributed by atoms with Crippen LogP contribution < -0.4 is 0 Å². The molecule has 3 nitrogen and oxygen atoms in total. The van der Waals surface area contributed by atoms with Gasteiger partial charge in [-0.25, -0.2) is 4.98 Å². The maximum absolute atomic E-state index is 9.18. The van der Waals surface area contributed by atoms with Crippen LogP contribution in [0.4, 0.5) is 0 Å². The molecule has 0 saturated heterocycles. The van der Waals surface area contributed by atoms with Gasteiger partial charge in [0.25, 0.3) is 0 Å². The third-order valence-electron chi connectivity index (χ3n) is 3.68. The second-order valence-electron chi connectivity index (χ2n) is 4.93. The summed E-state index contributed by atoms with van der Waals surface area (Å²) in [5.74, 6) is 0.796. The fourth-order valence-corrected chi connectivity index (χ4v) is 2.68. The number of nitrogens with zero attached hydrogens (tertiary/aromatic N) is 2. The molecule has 0 bridgehead atoms. The maximum Gasteiger partial charge on any atom is 0.139 e. The number of fused-ring (bicyclic) bond motifs is 2. The number of hydrogen-bond acceptors (Lipinski definition) is 2. The van der Waals surface area contributed by atoms with Gasteiger partial charge < -0.3 is 4.98 Å². The molecule has 1 aromatic heterocycles. The summed E-state index contributed by atoms with van der Waals surface area (Å²) < 4.78 is 0. The fourth-order valence-electron chi connectivity index (χ4n) is 2.68. The van der Waals surface area contributed by atoms with Crippen molar-refractivity contribution in [1.82, 2.24) is 9.97 Å². The molecule has 0 radical (unpaired) electrons. The summed E-state index contributed by atoms with van der Waals surface area (Å²) in [5.41, 5.74) is 3.25. The lowest BCUT2D eigenvalue weighted by molar-refractivity contribution is 1.34. The van der Waals surface area contributed by atoms with Gasteiger partial charge >= 0.3 is 0 Å². The second kappa shape index (κ2) is 4.46. The Balaban J connectivity index is 2.03. The first-order valence-electron chi connectivity index (χ1n) is 6.74. The van der Waals surface area contributed by atoms with Gasteiger partial charge in [0.2, 0.25) is 0 Å². The van der Waals surface area contributed by atoms with Crippen LogP contribution >= 0.6 is 0 Å². The molecule has 0 atom stereocenters. The van der Waals surface area contributed by atoms with Crippen LogP contribution in [0.15, 0.2) is 60.7 Å². The van der Waals surface area contributed by atoms with Gasteiger partial charge in [0.15, 0.2) is 0 Å². The van der Waals surface area contributed by atoms with Crippen molar-refractivity contribution in [2.45, 2.75) is 0 Å². The summed E-state index contributed by atoms with van der Waals surface area (Å²) in [6.07, 6.45) is 0. The Labute approximate surface area is 121 Å². The first kappa shape index (κ1) is 11.7. The van der Waals surface area contributed by atoms with E-state index in [1.165, 1.54) is 5.39 Å². The van der Waals surface area contributed by atoms with E-state index >= 15 is 0 Å². The highest BCUT2D eigenvalue weighted by molar-refractivity contribution is 5.97. The van der Waals surface area contributed by atoms with Crippen molar-refractivity contribution >= 4 is 21.8 Å². The highest BCUT2D eigenvalue weighted by atomic mass is 14.9. The SMILES string of the molecule is N#Cc1cccc2[nH]c(-c3cccc4ccccc34)nc12. The molecule has 3 heteroatoms. The quantitative estimate of drug-likeness (QED) is 0.561. The van der Waals surface area contributed by atoms with Crippen LogP contribution in [0, 0.1) is 11.3 Å². The van der Waals surface area contributed by atoms with E-state index in [4.69, 9.17) is 0 Å². The first-order chi connectivity index (χ1) is 10.4. The van der Waals surface area contributed by atoms with Gasteiger partial charge in [-0.05, 0) is 22.9 Å². The minimum absolute atomic E-state index is 0.593. The minimum Gasteiger partial charge on any atom is -0.338 e. The van der Waals surface area contributed by atoms with Gasteiger partial charge in [-0.1, -0.05) is 48.5 Å². The molecule has 0 spiro atoms. The zero-order chi connectivity index (χ0) is 14.2. The predicted octanol–water partition coefficient (Wildman–Crippen LogP) is 4.25. The van der Waals surface area contributed by atoms with Crippen molar-refractivity contribution in [2.75, 3.05) is 0 Å². The van der Waals surface area contributed by atoms with Crippen LogP contribution in [0.3, 0.4) is 0 Å². The Hall–Kier alpha value is -3.12. The van der Waals surface area contributed by atoms with Gasteiger partial charge in [0.1, 0.15) is 17.4 Å². The summed E-state index contributed by atoms with van der Waals surface area (Å²) in [6, 6.07) is 22.2.